The van der Waals surface area contributed by atoms with Crippen molar-refractivity contribution < 1.29 is 32.2 Å². The first kappa shape index (κ1) is 21.2. The Morgan fingerprint density at radius 3 is 2.39 bits per heavy atom. The van der Waals surface area contributed by atoms with Crippen LogP contribution in [-0.2, 0) is 10.0 Å². The van der Waals surface area contributed by atoms with Gasteiger partial charge >= 0.3 is 6.03 Å². The number of hydrogen-bond acceptors (Lipinski definition) is 9. The highest BCUT2D eigenvalue weighted by Gasteiger charge is 2.28. The van der Waals surface area contributed by atoms with Crippen LogP contribution in [-0.4, -0.2) is 54.9 Å². The number of carbonyl (C=O) groups is 1. The molecular weight excluding hydrogens is 397 g/mol. The molecule has 2 aromatic rings. The predicted octanol–water partition coefficient (Wildman–Crippen LogP) is 0.791. The van der Waals surface area contributed by atoms with E-state index < -0.39 is 38.9 Å². The molecule has 0 saturated carbocycles. The monoisotopic (exact) mass is 415 g/mol. The van der Waals surface area contributed by atoms with Gasteiger partial charge in [-0.05, 0) is 19.1 Å². The zero-order valence-corrected chi connectivity index (χ0v) is 15.9. The average Bonchev–Trinajstić information content (AvgIpc) is 2.66. The number of sulfonamides is 1. The minimum atomic E-state index is -4.49. The van der Waals surface area contributed by atoms with Crippen LogP contribution < -0.4 is 19.5 Å². The number of nitrogens with zero attached hydrogens (tertiary/aromatic N) is 3. The molecule has 2 atom stereocenters. The van der Waals surface area contributed by atoms with E-state index in [1.807, 2.05) is 0 Å². The van der Waals surface area contributed by atoms with Gasteiger partial charge in [-0.3, -0.25) is 10.3 Å². The number of nitrogens with one attached hydrogen (secondary N) is 2. The molecule has 0 aliphatic rings. The van der Waals surface area contributed by atoms with Crippen molar-refractivity contribution in [3.63, 3.8) is 0 Å². The molecule has 28 heavy (non-hydrogen) atoms. The van der Waals surface area contributed by atoms with E-state index in [1.165, 1.54) is 32.5 Å². The van der Waals surface area contributed by atoms with Crippen LogP contribution >= 0.6 is 0 Å². The fourth-order valence-corrected chi connectivity index (χ4v) is 3.15. The summed E-state index contributed by atoms with van der Waals surface area (Å²) in [6, 6.07) is 2.49. The maximum Gasteiger partial charge on any atom is 0.335 e. The number of aromatic nitrogens is 3. The lowest BCUT2D eigenvalue weighted by Crippen LogP contribution is -2.36. The van der Waals surface area contributed by atoms with Crippen molar-refractivity contribution in [3.8, 4) is 11.8 Å². The third-order valence-corrected chi connectivity index (χ3v) is 4.73. The topological polar surface area (TPSA) is 153 Å². The third kappa shape index (κ3) is 5.01. The second-order valence-corrected chi connectivity index (χ2v) is 7.00. The Morgan fingerprint density at radius 2 is 1.86 bits per heavy atom. The molecule has 3 N–H and O–H groups in total. The number of rotatable bonds is 7. The molecule has 2 rings (SSSR count). The number of carbonyl (C=O) groups excluding carboxylic acids is 1. The van der Waals surface area contributed by atoms with Crippen LogP contribution in [0.25, 0.3) is 0 Å². The van der Waals surface area contributed by atoms with Gasteiger partial charge in [-0.1, -0.05) is 0 Å². The van der Waals surface area contributed by atoms with Crippen LogP contribution in [0.3, 0.4) is 0 Å². The molecule has 2 amide bonds. The second-order valence-electron chi connectivity index (χ2n) is 5.35. The van der Waals surface area contributed by atoms with Gasteiger partial charge in [0.25, 0.3) is 10.0 Å². The van der Waals surface area contributed by atoms with E-state index in [1.54, 1.807) is 4.72 Å². The Balaban J connectivity index is 2.25. The van der Waals surface area contributed by atoms with Gasteiger partial charge in [0.15, 0.2) is 0 Å². The lowest BCUT2D eigenvalue weighted by molar-refractivity contribution is 0.0821. The highest BCUT2D eigenvalue weighted by molar-refractivity contribution is 7.90. The quantitative estimate of drug-likeness (QED) is 0.596. The number of halogens is 1. The average molecular weight is 415 g/mol. The summed E-state index contributed by atoms with van der Waals surface area (Å²) in [6.07, 6.45) is -2.38. The lowest BCUT2D eigenvalue weighted by atomic mass is 10.1. The zero-order chi connectivity index (χ0) is 20.9. The summed E-state index contributed by atoms with van der Waals surface area (Å²) in [7, 11) is -1.83. The van der Waals surface area contributed by atoms with Gasteiger partial charge in [0, 0.05) is 6.20 Å². The maximum atomic E-state index is 13.4. The van der Waals surface area contributed by atoms with E-state index >= 15 is 0 Å². The molecule has 0 aromatic carbocycles. The molecule has 13 heteroatoms. The highest BCUT2D eigenvalue weighted by Crippen LogP contribution is 2.24. The number of aliphatic hydroxyl groups is 1. The first-order valence-electron chi connectivity index (χ1n) is 7.76. The van der Waals surface area contributed by atoms with Gasteiger partial charge in [0.2, 0.25) is 17.7 Å². The van der Waals surface area contributed by atoms with Crippen molar-refractivity contribution in [2.75, 3.05) is 19.5 Å². The summed E-state index contributed by atoms with van der Waals surface area (Å²) in [5, 5.41) is 12.0. The fraction of sp³-hybridized carbons (Fsp3) is 0.333. The molecule has 0 spiro atoms. The number of urea groups is 1. The highest BCUT2D eigenvalue weighted by atomic mass is 32.2. The Kier molecular flexibility index (Phi) is 6.64. The normalized spacial score (nSPS) is 13.3. The van der Waals surface area contributed by atoms with Crippen LogP contribution in [0, 0.1) is 0 Å². The molecule has 2 unspecified atom stereocenters. The summed E-state index contributed by atoms with van der Waals surface area (Å²) in [5.74, 6) is -0.146. The van der Waals surface area contributed by atoms with Crippen LogP contribution in [0.1, 0.15) is 18.7 Å². The maximum absolute atomic E-state index is 13.4. The van der Waals surface area contributed by atoms with Crippen LogP contribution in [0.4, 0.5) is 15.1 Å². The van der Waals surface area contributed by atoms with Crippen LogP contribution in [0.2, 0.25) is 0 Å². The largest absolute Gasteiger partial charge is 0.481 e. The van der Waals surface area contributed by atoms with Crippen molar-refractivity contribution in [1.82, 2.24) is 19.7 Å². The Bertz CT molecular complexity index is 933. The molecule has 0 bridgehead atoms. The van der Waals surface area contributed by atoms with Gasteiger partial charge in [-0.15, -0.1) is 0 Å². The van der Waals surface area contributed by atoms with Gasteiger partial charge in [0.1, 0.15) is 17.2 Å². The number of anilines is 1. The van der Waals surface area contributed by atoms with Crippen LogP contribution in [0.15, 0.2) is 29.3 Å². The lowest BCUT2D eigenvalue weighted by Gasteiger charge is -2.16. The van der Waals surface area contributed by atoms with Crippen molar-refractivity contribution >= 4 is 22.0 Å². The molecule has 11 nitrogen and oxygen atoms in total. The Labute approximate surface area is 160 Å². The van der Waals surface area contributed by atoms with Crippen molar-refractivity contribution in [3.05, 3.63) is 30.1 Å². The first-order chi connectivity index (χ1) is 13.2. The summed E-state index contributed by atoms with van der Waals surface area (Å²) < 4.78 is 50.0. The van der Waals surface area contributed by atoms with Gasteiger partial charge < -0.3 is 14.6 Å². The van der Waals surface area contributed by atoms with Gasteiger partial charge in [0.05, 0.1) is 26.0 Å². The SMILES string of the molecule is COc1cc(OC)nc(NC(=O)NS(=O)(=O)c2cccnc2C(O)C(C)F)n1. The van der Waals surface area contributed by atoms with E-state index in [0.29, 0.717) is 0 Å². The first-order valence-corrected chi connectivity index (χ1v) is 9.24. The molecule has 0 saturated heterocycles. The Hall–Kier alpha value is -3.06. The van der Waals surface area contributed by atoms with Gasteiger partial charge in [-0.2, -0.15) is 9.97 Å². The number of ether oxygens (including phenoxy) is 2. The van der Waals surface area contributed by atoms with E-state index in [9.17, 15) is 22.7 Å². The minimum absolute atomic E-state index is 0.0691. The van der Waals surface area contributed by atoms with Crippen LogP contribution in [0.5, 0.6) is 11.8 Å². The van der Waals surface area contributed by atoms with E-state index in [-0.39, 0.29) is 17.7 Å². The molecule has 152 valence electrons. The predicted molar refractivity (Wildman–Crippen MR) is 94.2 cm³/mol. The fourth-order valence-electron chi connectivity index (χ4n) is 2.04. The number of hydrogen-bond donors (Lipinski definition) is 3. The molecule has 2 heterocycles. The minimum Gasteiger partial charge on any atom is -0.481 e. The third-order valence-electron chi connectivity index (χ3n) is 3.35. The van der Waals surface area contributed by atoms with E-state index in [2.05, 4.69) is 20.3 Å². The van der Waals surface area contributed by atoms with Gasteiger partial charge in [-0.25, -0.2) is 22.3 Å². The van der Waals surface area contributed by atoms with Crippen molar-refractivity contribution in [1.29, 1.82) is 0 Å². The Morgan fingerprint density at radius 1 is 1.25 bits per heavy atom. The van der Waals surface area contributed by atoms with E-state index in [4.69, 9.17) is 9.47 Å². The van der Waals surface area contributed by atoms with E-state index in [0.717, 1.165) is 13.0 Å². The standard InChI is InChI=1S/C15H18FN5O6S/c1-8(16)13(22)12-9(5-4-6-17-12)28(24,25)21-15(23)20-14-18-10(26-2)7-11(19-14)27-3/h4-8,13,22H,1-3H3,(H2,18,19,20,21,23). The number of amides is 2. The molecule has 0 fully saturated rings. The molecule has 2 aromatic heterocycles. The number of alkyl halides is 1. The molecule has 0 aliphatic carbocycles. The summed E-state index contributed by atoms with van der Waals surface area (Å²) in [4.78, 5) is 22.9. The summed E-state index contributed by atoms with van der Waals surface area (Å²) in [5.41, 5.74) is -0.433. The number of aliphatic hydroxyl groups excluding tert-OH is 1. The summed E-state index contributed by atoms with van der Waals surface area (Å²) >= 11 is 0. The van der Waals surface area contributed by atoms with Crippen molar-refractivity contribution in [2.24, 2.45) is 0 Å². The number of methoxy groups -OCH3 is 2. The molecular formula is C15H18FN5O6S. The summed E-state index contributed by atoms with van der Waals surface area (Å²) in [6.45, 7) is 1.05. The molecule has 0 radical (unpaired) electrons. The van der Waals surface area contributed by atoms with Crippen molar-refractivity contribution in [2.45, 2.75) is 24.1 Å². The second kappa shape index (κ2) is 8.75. The zero-order valence-electron chi connectivity index (χ0n) is 15.1. The molecule has 0 aliphatic heterocycles. The number of pyridine rings is 1. The smallest absolute Gasteiger partial charge is 0.335 e.